The van der Waals surface area contributed by atoms with Crippen molar-refractivity contribution >= 4 is 64.2 Å². The molecule has 4 aromatic carbocycles. The molecule has 0 spiro atoms. The molecule has 0 bridgehead atoms. The van der Waals surface area contributed by atoms with E-state index >= 15 is 0 Å². The van der Waals surface area contributed by atoms with Gasteiger partial charge in [-0.2, -0.15) is 0 Å². The number of aryl methyl sites for hydroxylation is 2. The summed E-state index contributed by atoms with van der Waals surface area (Å²) in [4.78, 5) is 10.2. The summed E-state index contributed by atoms with van der Waals surface area (Å²) in [6, 6.07) is 41.7. The predicted molar refractivity (Wildman–Crippen MR) is 268 cm³/mol. The number of allylic oxidation sites excluding steroid dienone is 2. The smallest absolute Gasteiger partial charge is 0.188 e. The zero-order chi connectivity index (χ0) is 46.8. The van der Waals surface area contributed by atoms with Gasteiger partial charge in [-0.05, 0) is 111 Å². The first-order valence-corrected chi connectivity index (χ1v) is 25.8. The van der Waals surface area contributed by atoms with Crippen LogP contribution < -0.4 is 0 Å². The Bertz CT molecular complexity index is 3180. The van der Waals surface area contributed by atoms with E-state index in [2.05, 4.69) is 46.8 Å². The average Bonchev–Trinajstić information content (AvgIpc) is 4.00. The number of thiophene rings is 2. The largest absolute Gasteiger partial charge is 0.513 e. The number of sulfone groups is 2. The van der Waals surface area contributed by atoms with Gasteiger partial charge in [0.1, 0.15) is 8.42 Å². The van der Waals surface area contributed by atoms with Crippen LogP contribution in [0.2, 0.25) is 0 Å². The van der Waals surface area contributed by atoms with Gasteiger partial charge in [0.2, 0.25) is 0 Å². The highest BCUT2D eigenvalue weighted by atomic mass is 32.2. The minimum Gasteiger partial charge on any atom is -0.513 e. The van der Waals surface area contributed by atoms with E-state index in [0.717, 1.165) is 77.9 Å². The number of nitrogens with zero attached hydrogens (tertiary/aromatic N) is 2. The first-order chi connectivity index (χ1) is 31.6. The van der Waals surface area contributed by atoms with Crippen molar-refractivity contribution in [1.82, 2.24) is 9.97 Å². The summed E-state index contributed by atoms with van der Waals surface area (Å²) in [7, 11) is -7.25. The predicted octanol–water partition coefficient (Wildman–Crippen LogP) is 11.4. The molecule has 8 nitrogen and oxygen atoms in total. The molecule has 0 fully saturated rings. The maximum absolute atomic E-state index is 13.1. The summed E-state index contributed by atoms with van der Waals surface area (Å²) >= 11 is 2.28. The van der Waals surface area contributed by atoms with Gasteiger partial charge in [-0.3, -0.25) is 9.97 Å². The Balaban J connectivity index is 0.000000196. The molecular weight excluding hydrogens is 901 g/mol. The molecule has 8 aromatic rings. The van der Waals surface area contributed by atoms with Gasteiger partial charge >= 0.3 is 0 Å². The Labute approximate surface area is 394 Å². The van der Waals surface area contributed by atoms with Crippen LogP contribution >= 0.6 is 22.7 Å². The molecule has 2 N–H and O–H groups in total. The Kier molecular flexibility index (Phi) is 15.0. The first kappa shape index (κ1) is 47.2. The van der Waals surface area contributed by atoms with Crippen LogP contribution in [0.3, 0.4) is 0 Å². The SMILES string of the molecule is C=C(O)[C@@H](Cc1cnc2ccccc2c1)CS(=O)(=O)c1ccc(C#Cc2ccc(C)cc2)s1.C=C(O)[C@H](Cc1cnc2ccccc2c1)CS(=O)(=O)c1ccc(C#Cc2ccc(C)cc2)s1. The van der Waals surface area contributed by atoms with E-state index < -0.39 is 31.5 Å². The van der Waals surface area contributed by atoms with E-state index in [0.29, 0.717) is 22.6 Å². The minimum absolute atomic E-state index is 0.150. The number of aliphatic hydroxyl groups is 2. The van der Waals surface area contributed by atoms with Crippen LogP contribution in [-0.2, 0) is 32.5 Å². The van der Waals surface area contributed by atoms with Crippen molar-refractivity contribution in [1.29, 1.82) is 0 Å². The molecule has 332 valence electrons. The lowest BCUT2D eigenvalue weighted by Gasteiger charge is -2.15. The number of rotatable bonds is 12. The highest BCUT2D eigenvalue weighted by molar-refractivity contribution is 7.93. The van der Waals surface area contributed by atoms with Crippen molar-refractivity contribution in [2.75, 3.05) is 11.5 Å². The molecule has 0 saturated heterocycles. The van der Waals surface area contributed by atoms with E-state index in [1.165, 1.54) is 0 Å². The van der Waals surface area contributed by atoms with E-state index in [1.807, 2.05) is 123 Å². The number of pyridine rings is 2. The molecule has 12 heteroatoms. The van der Waals surface area contributed by atoms with E-state index in [1.54, 1.807) is 36.7 Å². The van der Waals surface area contributed by atoms with Crippen LogP contribution in [0.5, 0.6) is 0 Å². The van der Waals surface area contributed by atoms with Crippen molar-refractivity contribution in [3.8, 4) is 23.7 Å². The fourth-order valence-electron chi connectivity index (χ4n) is 6.92. The molecule has 4 heterocycles. The molecule has 0 unspecified atom stereocenters. The van der Waals surface area contributed by atoms with Crippen molar-refractivity contribution in [3.63, 3.8) is 0 Å². The molecule has 0 radical (unpaired) electrons. The number of para-hydroxylation sites is 2. The molecule has 0 amide bonds. The highest BCUT2D eigenvalue weighted by Crippen LogP contribution is 2.29. The number of aliphatic hydroxyl groups excluding tert-OH is 2. The second-order valence-corrected chi connectivity index (χ2v) is 22.6. The zero-order valence-electron chi connectivity index (χ0n) is 36.3. The van der Waals surface area contributed by atoms with Gasteiger partial charge in [-0.25, -0.2) is 16.8 Å². The Morgan fingerprint density at radius 1 is 0.545 bits per heavy atom. The standard InChI is InChI=1S/2C27H23NO3S2/c2*1-19-7-9-21(10-8-19)11-12-25-13-14-27(32-25)33(30,31)18-24(20(2)29)16-22-15-23-5-3-4-6-26(23)28-17-22/h2*3-10,13-15,17,24,29H,2,16,18H2,1H3/t2*24-/m10/s1. The van der Waals surface area contributed by atoms with Gasteiger partial charge in [0, 0.05) is 46.1 Å². The Morgan fingerprint density at radius 3 is 1.30 bits per heavy atom. The molecule has 2 atom stereocenters. The lowest BCUT2D eigenvalue weighted by molar-refractivity contribution is 0.342. The van der Waals surface area contributed by atoms with Crippen LogP contribution in [0, 0.1) is 49.4 Å². The molecule has 0 aliphatic heterocycles. The van der Waals surface area contributed by atoms with E-state index in [4.69, 9.17) is 0 Å². The maximum Gasteiger partial charge on any atom is 0.188 e. The maximum atomic E-state index is 13.1. The number of benzene rings is 4. The summed E-state index contributed by atoms with van der Waals surface area (Å²) in [6.07, 6.45) is 4.10. The van der Waals surface area contributed by atoms with Crippen molar-refractivity contribution in [3.05, 3.63) is 214 Å². The van der Waals surface area contributed by atoms with Crippen molar-refractivity contribution in [2.24, 2.45) is 11.8 Å². The van der Waals surface area contributed by atoms with Gasteiger partial charge < -0.3 is 10.2 Å². The monoisotopic (exact) mass is 946 g/mol. The van der Waals surface area contributed by atoms with Crippen LogP contribution in [-0.4, -0.2) is 48.5 Å². The van der Waals surface area contributed by atoms with Gasteiger partial charge in [0.05, 0.1) is 43.8 Å². The van der Waals surface area contributed by atoms with Gasteiger partial charge in [-0.1, -0.05) is 109 Å². The lowest BCUT2D eigenvalue weighted by atomic mass is 10.00. The second-order valence-electron chi connectivity index (χ2n) is 15.9. The van der Waals surface area contributed by atoms with Crippen molar-refractivity contribution < 1.29 is 27.0 Å². The lowest BCUT2D eigenvalue weighted by Crippen LogP contribution is -2.19. The topological polar surface area (TPSA) is 135 Å². The highest BCUT2D eigenvalue weighted by Gasteiger charge is 2.27. The van der Waals surface area contributed by atoms with Gasteiger partial charge in [0.25, 0.3) is 0 Å². The molecule has 4 aromatic heterocycles. The average molecular weight is 947 g/mol. The fraction of sp³-hybridized carbons (Fsp3) is 0.148. The molecular formula is C54H46N2O6S4. The summed E-state index contributed by atoms with van der Waals surface area (Å²) < 4.78 is 52.7. The number of hydrogen-bond donors (Lipinski definition) is 2. The summed E-state index contributed by atoms with van der Waals surface area (Å²) in [6.45, 7) is 11.3. The van der Waals surface area contributed by atoms with Gasteiger partial charge in [-0.15, -0.1) is 22.7 Å². The van der Waals surface area contributed by atoms with E-state index in [9.17, 15) is 27.0 Å². The summed E-state index contributed by atoms with van der Waals surface area (Å²) in [5, 5.41) is 22.2. The molecule has 8 rings (SSSR count). The van der Waals surface area contributed by atoms with Gasteiger partial charge in [0.15, 0.2) is 19.7 Å². The van der Waals surface area contributed by atoms with E-state index in [-0.39, 0.29) is 31.4 Å². The fourth-order valence-corrected chi connectivity index (χ4v) is 12.6. The summed E-state index contributed by atoms with van der Waals surface area (Å²) in [5.74, 6) is 10.2. The number of aromatic nitrogens is 2. The molecule has 0 saturated carbocycles. The van der Waals surface area contributed by atoms with Crippen LogP contribution in [0.15, 0.2) is 179 Å². The normalized spacial score (nSPS) is 12.2. The molecule has 66 heavy (non-hydrogen) atoms. The molecule has 0 aliphatic rings. The Hall–Kier alpha value is -6.80. The Morgan fingerprint density at radius 2 is 0.924 bits per heavy atom. The number of fused-ring (bicyclic) bond motifs is 2. The van der Waals surface area contributed by atoms with Crippen molar-refractivity contribution in [2.45, 2.75) is 35.1 Å². The van der Waals surface area contributed by atoms with Crippen LogP contribution in [0.25, 0.3) is 21.8 Å². The quantitative estimate of drug-likeness (QED) is 0.0913. The number of hydrogen-bond acceptors (Lipinski definition) is 10. The third-order valence-electron chi connectivity index (χ3n) is 10.6. The third kappa shape index (κ3) is 12.7. The first-order valence-electron chi connectivity index (χ1n) is 20.9. The van der Waals surface area contributed by atoms with Crippen LogP contribution in [0.1, 0.15) is 43.1 Å². The second kappa shape index (κ2) is 21.0. The zero-order valence-corrected chi connectivity index (χ0v) is 39.6. The van der Waals surface area contributed by atoms with Crippen LogP contribution in [0.4, 0.5) is 0 Å². The minimum atomic E-state index is -3.63. The summed E-state index contributed by atoms with van der Waals surface area (Å²) in [5.41, 5.74) is 7.49. The molecule has 0 aliphatic carbocycles. The third-order valence-corrected chi connectivity index (χ3v) is 17.4.